The number of hydrogen-bond acceptors (Lipinski definition) is 2. The summed E-state index contributed by atoms with van der Waals surface area (Å²) in [4.78, 5) is 14.0. The van der Waals surface area contributed by atoms with Crippen molar-refractivity contribution in [3.63, 3.8) is 0 Å². The fraction of sp³-hybridized carbons (Fsp3) is 0.500. The van der Waals surface area contributed by atoms with Crippen LogP contribution < -0.4 is 4.74 Å². The maximum Gasteiger partial charge on any atom is 0.260 e. The van der Waals surface area contributed by atoms with Crippen LogP contribution >= 0.6 is 0 Å². The highest BCUT2D eigenvalue weighted by Gasteiger charge is 2.34. The van der Waals surface area contributed by atoms with Crippen LogP contribution in [0.25, 0.3) is 0 Å². The second-order valence-electron chi connectivity index (χ2n) is 4.73. The molecule has 92 valence electrons. The van der Waals surface area contributed by atoms with Crippen molar-refractivity contribution in [3.05, 3.63) is 30.3 Å². The van der Waals surface area contributed by atoms with Crippen molar-refractivity contribution in [2.75, 3.05) is 6.61 Å². The van der Waals surface area contributed by atoms with Gasteiger partial charge in [-0.2, -0.15) is 0 Å². The summed E-state index contributed by atoms with van der Waals surface area (Å²) in [6.07, 6.45) is 2.27. The topological polar surface area (TPSA) is 29.5 Å². The number of ether oxygens (including phenoxy) is 1. The first-order valence-electron chi connectivity index (χ1n) is 6.17. The Bertz CT molecular complexity index is 369. The van der Waals surface area contributed by atoms with E-state index in [4.69, 9.17) is 4.74 Å². The molecule has 3 heteroatoms. The first-order valence-corrected chi connectivity index (χ1v) is 6.17. The number of para-hydroxylation sites is 1. The van der Waals surface area contributed by atoms with Crippen LogP contribution in [0.5, 0.6) is 5.75 Å². The van der Waals surface area contributed by atoms with Crippen LogP contribution in [-0.4, -0.2) is 29.5 Å². The molecule has 1 aliphatic rings. The monoisotopic (exact) mass is 233 g/mol. The van der Waals surface area contributed by atoms with Crippen LogP contribution in [0.2, 0.25) is 0 Å². The zero-order chi connectivity index (χ0) is 12.3. The predicted octanol–water partition coefficient (Wildman–Crippen LogP) is 2.46. The average Bonchev–Trinajstić information content (AvgIpc) is 3.12. The summed E-state index contributed by atoms with van der Waals surface area (Å²) >= 11 is 0. The van der Waals surface area contributed by atoms with Gasteiger partial charge in [-0.15, -0.1) is 0 Å². The summed E-state index contributed by atoms with van der Waals surface area (Å²) in [5, 5.41) is 0. The van der Waals surface area contributed by atoms with E-state index in [1.54, 1.807) is 0 Å². The summed E-state index contributed by atoms with van der Waals surface area (Å²) < 4.78 is 5.49. The van der Waals surface area contributed by atoms with Crippen LogP contribution in [0.4, 0.5) is 0 Å². The van der Waals surface area contributed by atoms with Gasteiger partial charge >= 0.3 is 0 Å². The molecular formula is C14H19NO2. The third kappa shape index (κ3) is 3.22. The van der Waals surface area contributed by atoms with Crippen molar-refractivity contribution in [1.82, 2.24) is 4.90 Å². The Hall–Kier alpha value is -1.51. The summed E-state index contributed by atoms with van der Waals surface area (Å²) in [5.74, 6) is 0.840. The number of carbonyl (C=O) groups is 1. The minimum Gasteiger partial charge on any atom is -0.484 e. The van der Waals surface area contributed by atoms with Gasteiger partial charge in [0.15, 0.2) is 6.61 Å². The van der Waals surface area contributed by atoms with Crippen LogP contribution in [0, 0.1) is 0 Å². The fourth-order valence-corrected chi connectivity index (χ4v) is 2.00. The Morgan fingerprint density at radius 1 is 1.35 bits per heavy atom. The lowest BCUT2D eigenvalue weighted by Crippen LogP contribution is -2.41. The molecule has 0 N–H and O–H groups in total. The molecule has 1 aliphatic carbocycles. The van der Waals surface area contributed by atoms with E-state index in [2.05, 4.69) is 13.8 Å². The zero-order valence-electron chi connectivity index (χ0n) is 10.4. The molecule has 2 rings (SSSR count). The molecule has 1 amide bonds. The zero-order valence-corrected chi connectivity index (χ0v) is 10.4. The third-order valence-electron chi connectivity index (χ3n) is 2.89. The average molecular weight is 233 g/mol. The Morgan fingerprint density at radius 3 is 2.53 bits per heavy atom. The number of hydrogen-bond donors (Lipinski definition) is 0. The standard InChI is InChI=1S/C14H19NO2/c1-11(2)15(12-8-9-12)14(16)10-17-13-6-4-3-5-7-13/h3-7,11-12H,8-10H2,1-2H3. The smallest absolute Gasteiger partial charge is 0.260 e. The molecule has 0 radical (unpaired) electrons. The van der Waals surface area contributed by atoms with Crippen molar-refractivity contribution in [3.8, 4) is 5.75 Å². The Kier molecular flexibility index (Phi) is 3.67. The normalized spacial score (nSPS) is 14.8. The van der Waals surface area contributed by atoms with Crippen LogP contribution in [0.1, 0.15) is 26.7 Å². The highest BCUT2D eigenvalue weighted by Crippen LogP contribution is 2.28. The number of rotatable bonds is 5. The SMILES string of the molecule is CC(C)N(C(=O)COc1ccccc1)C1CC1. The first kappa shape index (κ1) is 12.0. The van der Waals surface area contributed by atoms with Crippen molar-refractivity contribution in [1.29, 1.82) is 0 Å². The quantitative estimate of drug-likeness (QED) is 0.782. The van der Waals surface area contributed by atoms with Gasteiger partial charge in [0, 0.05) is 12.1 Å². The minimum atomic E-state index is 0.0892. The maximum atomic E-state index is 12.0. The predicted molar refractivity (Wildman–Crippen MR) is 66.9 cm³/mol. The highest BCUT2D eigenvalue weighted by atomic mass is 16.5. The van der Waals surface area contributed by atoms with Gasteiger partial charge in [-0.3, -0.25) is 4.79 Å². The lowest BCUT2D eigenvalue weighted by atomic mass is 10.3. The molecule has 0 aliphatic heterocycles. The van der Waals surface area contributed by atoms with Gasteiger partial charge in [-0.25, -0.2) is 0 Å². The van der Waals surface area contributed by atoms with Crippen molar-refractivity contribution in [2.45, 2.75) is 38.8 Å². The first-order chi connectivity index (χ1) is 8.18. The van der Waals surface area contributed by atoms with E-state index in [-0.39, 0.29) is 18.6 Å². The highest BCUT2D eigenvalue weighted by molar-refractivity contribution is 5.78. The lowest BCUT2D eigenvalue weighted by Gasteiger charge is -2.26. The molecule has 0 bridgehead atoms. The van der Waals surface area contributed by atoms with E-state index in [1.165, 1.54) is 0 Å². The summed E-state index contributed by atoms with van der Waals surface area (Å²) in [6, 6.07) is 10.2. The summed E-state index contributed by atoms with van der Waals surface area (Å²) in [7, 11) is 0. The van der Waals surface area contributed by atoms with Crippen molar-refractivity contribution < 1.29 is 9.53 Å². The fourth-order valence-electron chi connectivity index (χ4n) is 2.00. The lowest BCUT2D eigenvalue weighted by molar-refractivity contribution is -0.135. The van der Waals surface area contributed by atoms with Gasteiger partial charge in [0.1, 0.15) is 5.75 Å². The minimum absolute atomic E-state index is 0.0892. The molecule has 0 heterocycles. The molecular weight excluding hydrogens is 214 g/mol. The van der Waals surface area contributed by atoms with Gasteiger partial charge in [0.25, 0.3) is 5.91 Å². The molecule has 0 unspecified atom stereocenters. The summed E-state index contributed by atoms with van der Waals surface area (Å²) in [6.45, 7) is 4.25. The molecule has 0 atom stereocenters. The second-order valence-corrected chi connectivity index (χ2v) is 4.73. The van der Waals surface area contributed by atoms with Gasteiger partial charge in [0.2, 0.25) is 0 Å². The molecule has 17 heavy (non-hydrogen) atoms. The van der Waals surface area contributed by atoms with Gasteiger partial charge in [-0.1, -0.05) is 18.2 Å². The Labute approximate surface area is 102 Å². The van der Waals surface area contributed by atoms with E-state index in [0.29, 0.717) is 6.04 Å². The number of carbonyl (C=O) groups excluding carboxylic acids is 1. The maximum absolute atomic E-state index is 12.0. The number of benzene rings is 1. The Morgan fingerprint density at radius 2 is 2.00 bits per heavy atom. The molecule has 1 fully saturated rings. The van der Waals surface area contributed by atoms with Gasteiger partial charge < -0.3 is 9.64 Å². The van der Waals surface area contributed by atoms with Crippen molar-refractivity contribution in [2.24, 2.45) is 0 Å². The van der Waals surface area contributed by atoms with E-state index in [0.717, 1.165) is 18.6 Å². The third-order valence-corrected chi connectivity index (χ3v) is 2.89. The molecule has 1 saturated carbocycles. The summed E-state index contributed by atoms with van der Waals surface area (Å²) in [5.41, 5.74) is 0. The van der Waals surface area contributed by atoms with Gasteiger partial charge in [0.05, 0.1) is 0 Å². The number of nitrogens with zero attached hydrogens (tertiary/aromatic N) is 1. The molecule has 3 nitrogen and oxygen atoms in total. The molecule has 0 aromatic heterocycles. The molecule has 0 spiro atoms. The van der Waals surface area contributed by atoms with E-state index in [9.17, 15) is 4.79 Å². The Balaban J connectivity index is 1.88. The van der Waals surface area contributed by atoms with Crippen molar-refractivity contribution >= 4 is 5.91 Å². The second kappa shape index (κ2) is 5.21. The molecule has 1 aromatic carbocycles. The number of amides is 1. The molecule has 0 saturated heterocycles. The largest absolute Gasteiger partial charge is 0.484 e. The van der Waals surface area contributed by atoms with E-state index in [1.807, 2.05) is 35.2 Å². The van der Waals surface area contributed by atoms with E-state index >= 15 is 0 Å². The van der Waals surface area contributed by atoms with Crippen LogP contribution in [0.15, 0.2) is 30.3 Å². The molecule has 1 aromatic rings. The van der Waals surface area contributed by atoms with E-state index < -0.39 is 0 Å². The van der Waals surface area contributed by atoms with Crippen LogP contribution in [0.3, 0.4) is 0 Å². The van der Waals surface area contributed by atoms with Gasteiger partial charge in [-0.05, 0) is 38.8 Å². The van der Waals surface area contributed by atoms with Crippen LogP contribution in [-0.2, 0) is 4.79 Å².